The molecule has 0 aromatic carbocycles. The van der Waals surface area contributed by atoms with Crippen LogP contribution in [0, 0.1) is 6.92 Å². The van der Waals surface area contributed by atoms with E-state index in [9.17, 15) is 13.2 Å². The average Bonchev–Trinajstić information content (AvgIpc) is 2.68. The highest BCUT2D eigenvalue weighted by Gasteiger charge is 2.24. The molecular formula is C10H16N2O5S2. The Kier molecular flexibility index (Phi) is 5.83. The van der Waals surface area contributed by atoms with E-state index >= 15 is 0 Å². The molecule has 2 N–H and O–H groups in total. The number of carbonyl (C=O) groups is 1. The monoisotopic (exact) mass is 308 g/mol. The van der Waals surface area contributed by atoms with E-state index in [2.05, 4.69) is 9.88 Å². The smallest absolute Gasteiger partial charge is 0.321 e. The number of aryl methyl sites for hydroxylation is 1. The fraction of sp³-hybridized carbons (Fsp3) is 0.600. The van der Waals surface area contributed by atoms with Gasteiger partial charge in [-0.3, -0.25) is 4.79 Å². The molecule has 0 unspecified atom stereocenters. The van der Waals surface area contributed by atoms with Gasteiger partial charge in [0.2, 0.25) is 10.0 Å². The zero-order valence-electron chi connectivity index (χ0n) is 10.6. The van der Waals surface area contributed by atoms with Crippen molar-refractivity contribution in [3.05, 3.63) is 17.5 Å². The minimum absolute atomic E-state index is 0.230. The number of nitrogens with one attached hydrogen (secondary N) is 1. The van der Waals surface area contributed by atoms with E-state index in [1.807, 2.05) is 6.26 Å². The Morgan fingerprint density at radius 1 is 1.63 bits per heavy atom. The Morgan fingerprint density at radius 3 is 2.79 bits per heavy atom. The highest BCUT2D eigenvalue weighted by molar-refractivity contribution is 7.98. The van der Waals surface area contributed by atoms with Crippen LogP contribution in [0.15, 0.2) is 10.6 Å². The Morgan fingerprint density at radius 2 is 2.32 bits per heavy atom. The molecule has 1 aromatic heterocycles. The van der Waals surface area contributed by atoms with Gasteiger partial charge < -0.3 is 9.63 Å². The first kappa shape index (κ1) is 16.0. The zero-order valence-corrected chi connectivity index (χ0v) is 12.3. The summed E-state index contributed by atoms with van der Waals surface area (Å²) in [4.78, 5) is 11.0. The molecule has 1 rings (SSSR count). The quantitative estimate of drug-likeness (QED) is 0.724. The predicted molar refractivity (Wildman–Crippen MR) is 71.4 cm³/mol. The largest absolute Gasteiger partial charge is 0.480 e. The summed E-state index contributed by atoms with van der Waals surface area (Å²) in [5.41, 5.74) is 0.249. The molecule has 9 heteroatoms. The van der Waals surface area contributed by atoms with Gasteiger partial charge in [-0.1, -0.05) is 5.16 Å². The molecule has 0 radical (unpaired) electrons. The van der Waals surface area contributed by atoms with E-state index in [1.54, 1.807) is 6.92 Å². The summed E-state index contributed by atoms with van der Waals surface area (Å²) in [5.74, 6) is -0.521. The van der Waals surface area contributed by atoms with Gasteiger partial charge in [0, 0.05) is 6.07 Å². The van der Waals surface area contributed by atoms with Crippen LogP contribution < -0.4 is 4.72 Å². The van der Waals surface area contributed by atoms with Gasteiger partial charge in [0.1, 0.15) is 23.2 Å². The van der Waals surface area contributed by atoms with Crippen molar-refractivity contribution in [2.45, 2.75) is 25.1 Å². The number of thioether (sulfide) groups is 1. The van der Waals surface area contributed by atoms with Crippen molar-refractivity contribution in [3.63, 3.8) is 0 Å². The predicted octanol–water partition coefficient (Wildman–Crippen LogP) is 0.609. The molecule has 1 heterocycles. The van der Waals surface area contributed by atoms with Gasteiger partial charge in [0.05, 0.1) is 0 Å². The highest BCUT2D eigenvalue weighted by Crippen LogP contribution is 2.08. The molecule has 19 heavy (non-hydrogen) atoms. The van der Waals surface area contributed by atoms with Gasteiger partial charge in [-0.15, -0.1) is 0 Å². The first-order valence-corrected chi connectivity index (χ1v) is 8.52. The lowest BCUT2D eigenvalue weighted by Crippen LogP contribution is -2.41. The number of nitrogens with zero attached hydrogens (tertiary/aromatic N) is 1. The number of sulfonamides is 1. The van der Waals surface area contributed by atoms with Crippen molar-refractivity contribution in [1.82, 2.24) is 9.88 Å². The first-order chi connectivity index (χ1) is 8.84. The molecule has 1 atom stereocenters. The molecule has 0 aliphatic rings. The Balaban J connectivity index is 2.68. The molecule has 0 fully saturated rings. The maximum absolute atomic E-state index is 11.8. The molecular weight excluding hydrogens is 292 g/mol. The zero-order chi connectivity index (χ0) is 14.5. The molecule has 7 nitrogen and oxygen atoms in total. The van der Waals surface area contributed by atoms with Crippen LogP contribution in [0.5, 0.6) is 0 Å². The molecule has 0 saturated heterocycles. The van der Waals surface area contributed by atoms with E-state index in [0.717, 1.165) is 0 Å². The van der Waals surface area contributed by atoms with Gasteiger partial charge in [-0.05, 0) is 25.4 Å². The third-order valence-corrected chi connectivity index (χ3v) is 4.21. The van der Waals surface area contributed by atoms with Crippen LogP contribution in [0.2, 0.25) is 0 Å². The summed E-state index contributed by atoms with van der Waals surface area (Å²) in [6, 6.07) is 0.377. The maximum Gasteiger partial charge on any atom is 0.321 e. The lowest BCUT2D eigenvalue weighted by Gasteiger charge is -2.13. The van der Waals surface area contributed by atoms with Gasteiger partial charge in [0.25, 0.3) is 0 Å². The van der Waals surface area contributed by atoms with Crippen molar-refractivity contribution < 1.29 is 22.8 Å². The van der Waals surface area contributed by atoms with E-state index in [1.165, 1.54) is 17.8 Å². The number of aromatic nitrogens is 1. The highest BCUT2D eigenvalue weighted by atomic mass is 32.2. The van der Waals surface area contributed by atoms with Crippen LogP contribution in [0.1, 0.15) is 17.9 Å². The minimum atomic E-state index is -3.76. The Labute approximate surface area is 115 Å². The van der Waals surface area contributed by atoms with E-state index in [0.29, 0.717) is 11.5 Å². The molecule has 0 bridgehead atoms. The number of hydrogen-bond donors (Lipinski definition) is 2. The molecule has 108 valence electrons. The van der Waals surface area contributed by atoms with Crippen LogP contribution in [0.25, 0.3) is 0 Å². The van der Waals surface area contributed by atoms with Crippen molar-refractivity contribution >= 4 is 27.8 Å². The summed E-state index contributed by atoms with van der Waals surface area (Å²) in [6.07, 6.45) is 2.05. The van der Waals surface area contributed by atoms with Gasteiger partial charge in [-0.2, -0.15) is 11.8 Å². The standard InChI is InChI=1S/C10H16N2O5S2/c1-7-5-8(11-17-7)6-19(15,16)12-9(10(13)14)3-4-18-2/h5,9,12H,3-4,6H2,1-2H3,(H,13,14)/t9-/m0/s1. The Hall–Kier alpha value is -1.06. The summed E-state index contributed by atoms with van der Waals surface area (Å²) >= 11 is 1.46. The van der Waals surface area contributed by atoms with Gasteiger partial charge in [-0.25, -0.2) is 13.1 Å². The number of aliphatic carboxylic acids is 1. The molecule has 0 saturated carbocycles. The fourth-order valence-electron chi connectivity index (χ4n) is 1.41. The molecule has 0 amide bonds. The maximum atomic E-state index is 11.8. The van der Waals surface area contributed by atoms with Crippen molar-refractivity contribution in [2.24, 2.45) is 0 Å². The van der Waals surface area contributed by atoms with Crippen LogP contribution in [0.3, 0.4) is 0 Å². The van der Waals surface area contributed by atoms with E-state index < -0.39 is 27.8 Å². The number of carboxylic acids is 1. The van der Waals surface area contributed by atoms with Crippen molar-refractivity contribution in [3.8, 4) is 0 Å². The second-order valence-electron chi connectivity index (χ2n) is 3.98. The van der Waals surface area contributed by atoms with E-state index in [4.69, 9.17) is 9.63 Å². The second-order valence-corrected chi connectivity index (χ2v) is 6.72. The summed E-state index contributed by atoms with van der Waals surface area (Å²) in [5, 5.41) is 12.5. The fourth-order valence-corrected chi connectivity index (χ4v) is 3.14. The first-order valence-electron chi connectivity index (χ1n) is 5.48. The third-order valence-electron chi connectivity index (χ3n) is 2.25. The molecule has 0 spiro atoms. The van der Waals surface area contributed by atoms with Gasteiger partial charge in [0.15, 0.2) is 0 Å². The van der Waals surface area contributed by atoms with Crippen LogP contribution in [-0.4, -0.2) is 42.7 Å². The SMILES string of the molecule is CSCC[C@H](NS(=O)(=O)Cc1cc(C)on1)C(=O)O. The third kappa shape index (κ3) is 5.62. The molecule has 0 aliphatic carbocycles. The lowest BCUT2D eigenvalue weighted by molar-refractivity contribution is -0.139. The summed E-state index contributed by atoms with van der Waals surface area (Å²) < 4.78 is 30.6. The van der Waals surface area contributed by atoms with Crippen LogP contribution >= 0.6 is 11.8 Å². The number of rotatable bonds is 8. The Bertz CT molecular complexity index is 526. The normalized spacial score (nSPS) is 13.4. The number of carboxylic acid groups (broad SMARTS) is 1. The average molecular weight is 308 g/mol. The van der Waals surface area contributed by atoms with Crippen molar-refractivity contribution in [1.29, 1.82) is 0 Å². The summed E-state index contributed by atoms with van der Waals surface area (Å²) in [6.45, 7) is 1.65. The van der Waals surface area contributed by atoms with Gasteiger partial charge >= 0.3 is 5.97 Å². The van der Waals surface area contributed by atoms with Crippen LogP contribution in [0.4, 0.5) is 0 Å². The minimum Gasteiger partial charge on any atom is -0.480 e. The van der Waals surface area contributed by atoms with Crippen LogP contribution in [-0.2, 0) is 20.6 Å². The topological polar surface area (TPSA) is 110 Å². The molecule has 1 aromatic rings. The van der Waals surface area contributed by atoms with E-state index in [-0.39, 0.29) is 12.1 Å². The summed E-state index contributed by atoms with van der Waals surface area (Å²) in [7, 11) is -3.76. The molecule has 0 aliphatic heterocycles. The lowest BCUT2D eigenvalue weighted by atomic mass is 10.2. The number of hydrogen-bond acceptors (Lipinski definition) is 6. The van der Waals surface area contributed by atoms with Crippen molar-refractivity contribution in [2.75, 3.05) is 12.0 Å². The second kappa shape index (κ2) is 6.92.